The van der Waals surface area contributed by atoms with Crippen LogP contribution in [0.3, 0.4) is 0 Å². The van der Waals surface area contributed by atoms with E-state index in [9.17, 15) is 9.18 Å². The van der Waals surface area contributed by atoms with Gasteiger partial charge in [-0.1, -0.05) is 11.6 Å². The van der Waals surface area contributed by atoms with Gasteiger partial charge in [-0.3, -0.25) is 4.79 Å². The van der Waals surface area contributed by atoms with E-state index in [1.54, 1.807) is 13.0 Å². The highest BCUT2D eigenvalue weighted by Crippen LogP contribution is 2.20. The fourth-order valence-corrected chi connectivity index (χ4v) is 1.66. The zero-order valence-corrected chi connectivity index (χ0v) is 10.5. The third-order valence-electron chi connectivity index (χ3n) is 2.40. The smallest absolute Gasteiger partial charge is 0.248 e. The molecule has 1 aromatic carbocycles. The van der Waals surface area contributed by atoms with Crippen molar-refractivity contribution in [3.8, 4) is 0 Å². The quantitative estimate of drug-likeness (QED) is 0.867. The largest absolute Gasteiger partial charge is 0.384 e. The third kappa shape index (κ3) is 3.98. The van der Waals surface area contributed by atoms with Crippen LogP contribution in [0.4, 0.5) is 4.39 Å². The van der Waals surface area contributed by atoms with E-state index in [-0.39, 0.29) is 5.82 Å². The van der Waals surface area contributed by atoms with E-state index in [2.05, 4.69) is 5.32 Å². The van der Waals surface area contributed by atoms with Crippen molar-refractivity contribution in [2.45, 2.75) is 26.4 Å². The van der Waals surface area contributed by atoms with Crippen molar-refractivity contribution in [2.75, 3.05) is 6.54 Å². The van der Waals surface area contributed by atoms with Gasteiger partial charge in [0.2, 0.25) is 5.91 Å². The molecule has 1 unspecified atom stereocenters. The summed E-state index contributed by atoms with van der Waals surface area (Å²) in [5, 5.41) is 12.0. The molecular formula is C12H15ClFNO2. The van der Waals surface area contributed by atoms with Gasteiger partial charge < -0.3 is 10.4 Å². The van der Waals surface area contributed by atoms with E-state index in [1.807, 2.05) is 0 Å². The van der Waals surface area contributed by atoms with Crippen molar-refractivity contribution in [2.24, 2.45) is 0 Å². The predicted molar refractivity (Wildman–Crippen MR) is 64.5 cm³/mol. The Bertz CT molecular complexity index is 421. The van der Waals surface area contributed by atoms with E-state index in [0.29, 0.717) is 29.1 Å². The van der Waals surface area contributed by atoms with Crippen molar-refractivity contribution < 1.29 is 14.3 Å². The minimum atomic E-state index is -1.04. The number of aryl methyl sites for hydroxylation is 1. The molecule has 1 rings (SSSR count). The molecule has 0 aromatic heterocycles. The maximum Gasteiger partial charge on any atom is 0.248 e. The van der Waals surface area contributed by atoms with Crippen molar-refractivity contribution in [1.82, 2.24) is 5.32 Å². The van der Waals surface area contributed by atoms with Crippen LogP contribution < -0.4 is 5.32 Å². The lowest BCUT2D eigenvalue weighted by Crippen LogP contribution is -2.33. The van der Waals surface area contributed by atoms with Crippen LogP contribution in [-0.2, 0) is 11.2 Å². The summed E-state index contributed by atoms with van der Waals surface area (Å²) in [4.78, 5) is 11.1. The maximum atomic E-state index is 13.3. The van der Waals surface area contributed by atoms with Crippen LogP contribution in [-0.4, -0.2) is 23.7 Å². The minimum absolute atomic E-state index is 0.311. The summed E-state index contributed by atoms with van der Waals surface area (Å²) in [6, 6.07) is 2.93. The predicted octanol–water partition coefficient (Wildman–Crippen LogP) is 1.83. The molecule has 3 nitrogen and oxygen atoms in total. The van der Waals surface area contributed by atoms with Gasteiger partial charge in [-0.2, -0.15) is 0 Å². The number of rotatable bonds is 4. The molecule has 0 radical (unpaired) electrons. The first-order valence-electron chi connectivity index (χ1n) is 5.32. The first kappa shape index (κ1) is 13.9. The zero-order valence-electron chi connectivity index (χ0n) is 9.76. The molecule has 1 amide bonds. The summed E-state index contributed by atoms with van der Waals surface area (Å²) in [5.41, 5.74) is 1.13. The number of aliphatic hydroxyl groups excluding tert-OH is 1. The topological polar surface area (TPSA) is 49.3 Å². The summed E-state index contributed by atoms with van der Waals surface area (Å²) >= 11 is 5.95. The first-order valence-corrected chi connectivity index (χ1v) is 5.70. The molecule has 1 aromatic rings. The van der Waals surface area contributed by atoms with Crippen LogP contribution in [0.25, 0.3) is 0 Å². The lowest BCUT2D eigenvalue weighted by molar-refractivity contribution is -0.128. The van der Waals surface area contributed by atoms with E-state index < -0.39 is 12.0 Å². The molecular weight excluding hydrogens is 245 g/mol. The fraction of sp³-hybridized carbons (Fsp3) is 0.417. The number of halogens is 2. The Labute approximate surface area is 105 Å². The van der Waals surface area contributed by atoms with Crippen molar-refractivity contribution in [3.05, 3.63) is 34.1 Å². The SMILES string of the molecule is Cc1cc(Cl)c(CCNC(=O)C(C)O)cc1F. The van der Waals surface area contributed by atoms with Gasteiger partial charge in [-0.05, 0) is 43.5 Å². The molecule has 0 aliphatic rings. The lowest BCUT2D eigenvalue weighted by atomic mass is 10.1. The van der Waals surface area contributed by atoms with E-state index in [0.717, 1.165) is 0 Å². The number of nitrogens with one attached hydrogen (secondary N) is 1. The molecule has 2 N–H and O–H groups in total. The summed E-state index contributed by atoms with van der Waals surface area (Å²) < 4.78 is 13.3. The average molecular weight is 260 g/mol. The summed E-state index contributed by atoms with van der Waals surface area (Å²) in [6.07, 6.45) is -0.616. The van der Waals surface area contributed by atoms with Crippen molar-refractivity contribution in [3.63, 3.8) is 0 Å². The molecule has 0 aliphatic carbocycles. The highest BCUT2D eigenvalue weighted by molar-refractivity contribution is 6.31. The van der Waals surface area contributed by atoms with Crippen molar-refractivity contribution >= 4 is 17.5 Å². The Morgan fingerprint density at radius 3 is 2.82 bits per heavy atom. The third-order valence-corrected chi connectivity index (χ3v) is 2.75. The van der Waals surface area contributed by atoms with Crippen LogP contribution in [0.1, 0.15) is 18.1 Å². The second kappa shape index (κ2) is 5.98. The average Bonchev–Trinajstić information content (AvgIpc) is 2.25. The number of carbonyl (C=O) groups excluding carboxylic acids is 1. The van der Waals surface area contributed by atoms with E-state index >= 15 is 0 Å². The Hall–Kier alpha value is -1.13. The second-order valence-corrected chi connectivity index (χ2v) is 4.32. The minimum Gasteiger partial charge on any atom is -0.384 e. The van der Waals surface area contributed by atoms with Crippen LogP contribution in [0.5, 0.6) is 0 Å². The zero-order chi connectivity index (χ0) is 13.0. The summed E-state index contributed by atoms with van der Waals surface area (Å²) in [7, 11) is 0. The molecule has 0 saturated carbocycles. The molecule has 0 saturated heterocycles. The molecule has 0 fully saturated rings. The molecule has 0 bridgehead atoms. The van der Waals surface area contributed by atoms with E-state index in [1.165, 1.54) is 13.0 Å². The lowest BCUT2D eigenvalue weighted by Gasteiger charge is -2.09. The number of carbonyl (C=O) groups is 1. The number of hydrogen-bond acceptors (Lipinski definition) is 2. The molecule has 17 heavy (non-hydrogen) atoms. The van der Waals surface area contributed by atoms with Gasteiger partial charge in [0.05, 0.1) is 0 Å². The Morgan fingerprint density at radius 2 is 2.24 bits per heavy atom. The number of hydrogen-bond donors (Lipinski definition) is 2. The number of aliphatic hydroxyl groups is 1. The van der Waals surface area contributed by atoms with Gasteiger partial charge in [-0.25, -0.2) is 4.39 Å². The molecule has 1 atom stereocenters. The van der Waals surface area contributed by atoms with Gasteiger partial charge in [0.25, 0.3) is 0 Å². The fourth-order valence-electron chi connectivity index (χ4n) is 1.35. The van der Waals surface area contributed by atoms with Crippen LogP contribution in [0.15, 0.2) is 12.1 Å². The van der Waals surface area contributed by atoms with Gasteiger partial charge in [0, 0.05) is 11.6 Å². The number of amides is 1. The normalized spacial score (nSPS) is 12.3. The highest BCUT2D eigenvalue weighted by Gasteiger charge is 2.09. The van der Waals surface area contributed by atoms with Crippen LogP contribution >= 0.6 is 11.6 Å². The summed E-state index contributed by atoms with van der Waals surface area (Å²) in [5.74, 6) is -0.764. The summed E-state index contributed by atoms with van der Waals surface area (Å²) in [6.45, 7) is 3.33. The standard InChI is InChI=1S/C12H15ClFNO2/c1-7-5-10(13)9(6-11(7)14)3-4-15-12(17)8(2)16/h5-6,8,16H,3-4H2,1-2H3,(H,15,17). The van der Waals surface area contributed by atoms with Crippen LogP contribution in [0, 0.1) is 12.7 Å². The monoisotopic (exact) mass is 259 g/mol. The molecule has 0 spiro atoms. The Morgan fingerprint density at radius 1 is 1.59 bits per heavy atom. The molecule has 0 aliphatic heterocycles. The second-order valence-electron chi connectivity index (χ2n) is 3.91. The molecule has 0 heterocycles. The molecule has 5 heteroatoms. The Kier molecular flexibility index (Phi) is 4.90. The maximum absolute atomic E-state index is 13.3. The number of benzene rings is 1. The van der Waals surface area contributed by atoms with Gasteiger partial charge >= 0.3 is 0 Å². The molecule has 94 valence electrons. The first-order chi connectivity index (χ1) is 7.91. The highest BCUT2D eigenvalue weighted by atomic mass is 35.5. The van der Waals surface area contributed by atoms with Gasteiger partial charge in [0.15, 0.2) is 0 Å². The van der Waals surface area contributed by atoms with Gasteiger partial charge in [-0.15, -0.1) is 0 Å². The Balaban J connectivity index is 2.58. The van der Waals surface area contributed by atoms with E-state index in [4.69, 9.17) is 16.7 Å². The van der Waals surface area contributed by atoms with Gasteiger partial charge in [0.1, 0.15) is 11.9 Å². The van der Waals surface area contributed by atoms with Crippen LogP contribution in [0.2, 0.25) is 5.02 Å². The van der Waals surface area contributed by atoms with Crippen molar-refractivity contribution in [1.29, 1.82) is 0 Å².